The molecule has 0 aromatic carbocycles. The van der Waals surface area contributed by atoms with Crippen LogP contribution in [0.1, 0.15) is 51.5 Å². The Hall–Kier alpha value is -1.80. The first-order valence-electron chi connectivity index (χ1n) is 7.17. The van der Waals surface area contributed by atoms with Crippen molar-refractivity contribution in [2.75, 3.05) is 13.2 Å². The number of rotatable bonds is 8. The van der Waals surface area contributed by atoms with Gasteiger partial charge in [-0.25, -0.2) is 14.3 Å². The second-order valence-corrected chi connectivity index (χ2v) is 4.80. The summed E-state index contributed by atoms with van der Waals surface area (Å²) in [5.74, 6) is 0.839. The lowest BCUT2D eigenvalue weighted by molar-refractivity contribution is -0.142. The standard InChI is InChI=1S/C13H22N6O2/c1-5-20-13(21-6-2)11-7-18(17-16-11)8-12-14-9-15-19(12)10(3)4/h7,9-10,13H,5-6,8H2,1-4H3. The molecule has 0 unspecified atom stereocenters. The summed E-state index contributed by atoms with van der Waals surface area (Å²) in [6.45, 7) is 9.58. The molecule has 2 heterocycles. The van der Waals surface area contributed by atoms with Crippen molar-refractivity contribution in [3.8, 4) is 0 Å². The van der Waals surface area contributed by atoms with Crippen LogP contribution in [-0.4, -0.2) is 43.0 Å². The molecule has 0 spiro atoms. The van der Waals surface area contributed by atoms with E-state index in [9.17, 15) is 0 Å². The fourth-order valence-corrected chi connectivity index (χ4v) is 1.98. The highest BCUT2D eigenvalue weighted by atomic mass is 16.7. The molecule has 2 aromatic heterocycles. The van der Waals surface area contributed by atoms with Gasteiger partial charge in [0.25, 0.3) is 0 Å². The molecule has 0 bridgehead atoms. The number of nitrogens with zero attached hydrogens (tertiary/aromatic N) is 6. The molecule has 2 aromatic rings. The average Bonchev–Trinajstić information content (AvgIpc) is 3.08. The van der Waals surface area contributed by atoms with E-state index in [-0.39, 0.29) is 6.04 Å². The Kier molecular flexibility index (Phi) is 5.40. The van der Waals surface area contributed by atoms with Crippen LogP contribution in [0.5, 0.6) is 0 Å². The summed E-state index contributed by atoms with van der Waals surface area (Å²) in [5.41, 5.74) is 0.661. The molecule has 0 amide bonds. The Bertz CT molecular complexity index is 544. The van der Waals surface area contributed by atoms with Gasteiger partial charge in [-0.05, 0) is 27.7 Å². The minimum atomic E-state index is -0.475. The highest BCUT2D eigenvalue weighted by Gasteiger charge is 2.16. The van der Waals surface area contributed by atoms with Crippen LogP contribution in [0.3, 0.4) is 0 Å². The quantitative estimate of drug-likeness (QED) is 0.688. The Morgan fingerprint density at radius 2 is 1.90 bits per heavy atom. The van der Waals surface area contributed by atoms with Gasteiger partial charge in [0.15, 0.2) is 0 Å². The lowest BCUT2D eigenvalue weighted by Crippen LogP contribution is -2.12. The van der Waals surface area contributed by atoms with Crippen molar-refractivity contribution >= 4 is 0 Å². The van der Waals surface area contributed by atoms with E-state index in [0.29, 0.717) is 25.5 Å². The summed E-state index contributed by atoms with van der Waals surface area (Å²) in [7, 11) is 0. The van der Waals surface area contributed by atoms with Gasteiger partial charge in [-0.2, -0.15) is 5.10 Å². The second kappa shape index (κ2) is 7.28. The van der Waals surface area contributed by atoms with Gasteiger partial charge < -0.3 is 9.47 Å². The van der Waals surface area contributed by atoms with Gasteiger partial charge in [-0.3, -0.25) is 0 Å². The summed E-state index contributed by atoms with van der Waals surface area (Å²) in [4.78, 5) is 4.26. The third kappa shape index (κ3) is 3.85. The monoisotopic (exact) mass is 294 g/mol. The van der Waals surface area contributed by atoms with Crippen LogP contribution in [0, 0.1) is 0 Å². The van der Waals surface area contributed by atoms with E-state index < -0.39 is 6.29 Å². The molecular formula is C13H22N6O2. The summed E-state index contributed by atoms with van der Waals surface area (Å²) >= 11 is 0. The van der Waals surface area contributed by atoms with Gasteiger partial charge in [0, 0.05) is 19.3 Å². The average molecular weight is 294 g/mol. The Balaban J connectivity index is 2.10. The molecule has 21 heavy (non-hydrogen) atoms. The van der Waals surface area contributed by atoms with Gasteiger partial charge in [0.2, 0.25) is 6.29 Å². The van der Waals surface area contributed by atoms with E-state index in [1.807, 2.05) is 24.7 Å². The van der Waals surface area contributed by atoms with Crippen molar-refractivity contribution in [1.29, 1.82) is 0 Å². The van der Waals surface area contributed by atoms with Gasteiger partial charge in [-0.1, -0.05) is 5.21 Å². The zero-order chi connectivity index (χ0) is 15.2. The maximum absolute atomic E-state index is 5.51. The minimum absolute atomic E-state index is 0.255. The maximum Gasteiger partial charge on any atom is 0.204 e. The highest BCUT2D eigenvalue weighted by Crippen LogP contribution is 2.16. The Morgan fingerprint density at radius 1 is 1.19 bits per heavy atom. The molecule has 0 aliphatic heterocycles. The summed E-state index contributed by atoms with van der Waals surface area (Å²) in [5, 5.41) is 12.4. The summed E-state index contributed by atoms with van der Waals surface area (Å²) < 4.78 is 14.6. The first-order chi connectivity index (χ1) is 10.2. The number of hydrogen-bond donors (Lipinski definition) is 0. The topological polar surface area (TPSA) is 79.9 Å². The van der Waals surface area contributed by atoms with Crippen LogP contribution in [0.15, 0.2) is 12.5 Å². The smallest absolute Gasteiger partial charge is 0.204 e. The predicted octanol–water partition coefficient (Wildman–Crippen LogP) is 1.57. The van der Waals surface area contributed by atoms with Crippen LogP contribution in [-0.2, 0) is 16.0 Å². The van der Waals surface area contributed by atoms with E-state index in [2.05, 4.69) is 34.2 Å². The molecule has 0 fully saturated rings. The molecule has 8 heteroatoms. The zero-order valence-electron chi connectivity index (χ0n) is 12.9. The van der Waals surface area contributed by atoms with Crippen LogP contribution < -0.4 is 0 Å². The highest BCUT2D eigenvalue weighted by molar-refractivity contribution is 4.97. The van der Waals surface area contributed by atoms with E-state index in [4.69, 9.17) is 9.47 Å². The SMILES string of the molecule is CCOC(OCC)c1cn(Cc2ncnn2C(C)C)nn1. The molecule has 0 N–H and O–H groups in total. The Labute approximate surface area is 124 Å². The molecule has 0 saturated carbocycles. The molecule has 8 nitrogen and oxygen atoms in total. The zero-order valence-corrected chi connectivity index (χ0v) is 12.9. The van der Waals surface area contributed by atoms with Crippen LogP contribution >= 0.6 is 0 Å². The molecule has 0 atom stereocenters. The Morgan fingerprint density at radius 3 is 2.52 bits per heavy atom. The molecule has 0 aliphatic rings. The second-order valence-electron chi connectivity index (χ2n) is 4.80. The van der Waals surface area contributed by atoms with E-state index in [0.717, 1.165) is 5.82 Å². The first kappa shape index (κ1) is 15.6. The van der Waals surface area contributed by atoms with Gasteiger partial charge >= 0.3 is 0 Å². The van der Waals surface area contributed by atoms with Crippen molar-refractivity contribution in [1.82, 2.24) is 29.8 Å². The fraction of sp³-hybridized carbons (Fsp3) is 0.692. The minimum Gasteiger partial charge on any atom is -0.347 e. The van der Waals surface area contributed by atoms with Crippen LogP contribution in [0.2, 0.25) is 0 Å². The lowest BCUT2D eigenvalue weighted by atomic mass is 10.4. The molecule has 0 aliphatic carbocycles. The number of ether oxygens (including phenoxy) is 2. The third-order valence-electron chi connectivity index (χ3n) is 2.87. The summed E-state index contributed by atoms with van der Waals surface area (Å²) in [6.07, 6.45) is 2.89. The fourth-order valence-electron chi connectivity index (χ4n) is 1.98. The van der Waals surface area contributed by atoms with Gasteiger partial charge in [0.05, 0.1) is 6.20 Å². The number of hydrogen-bond acceptors (Lipinski definition) is 6. The van der Waals surface area contributed by atoms with Gasteiger partial charge in [-0.15, -0.1) is 5.10 Å². The van der Waals surface area contributed by atoms with Crippen molar-refractivity contribution in [3.63, 3.8) is 0 Å². The van der Waals surface area contributed by atoms with E-state index in [1.165, 1.54) is 0 Å². The first-order valence-corrected chi connectivity index (χ1v) is 7.17. The van der Waals surface area contributed by atoms with Crippen LogP contribution in [0.4, 0.5) is 0 Å². The predicted molar refractivity (Wildman–Crippen MR) is 75.5 cm³/mol. The van der Waals surface area contributed by atoms with Gasteiger partial charge in [0.1, 0.15) is 24.4 Å². The van der Waals surface area contributed by atoms with Crippen molar-refractivity contribution < 1.29 is 9.47 Å². The molecule has 0 saturated heterocycles. The normalized spacial score (nSPS) is 11.7. The molecular weight excluding hydrogens is 272 g/mol. The third-order valence-corrected chi connectivity index (χ3v) is 2.87. The molecule has 0 radical (unpaired) electrons. The van der Waals surface area contributed by atoms with Crippen LogP contribution in [0.25, 0.3) is 0 Å². The van der Waals surface area contributed by atoms with E-state index in [1.54, 1.807) is 11.0 Å². The molecule has 116 valence electrons. The van der Waals surface area contributed by atoms with Crippen molar-refractivity contribution in [2.24, 2.45) is 0 Å². The van der Waals surface area contributed by atoms with E-state index >= 15 is 0 Å². The lowest BCUT2D eigenvalue weighted by Gasteiger charge is -2.13. The maximum atomic E-state index is 5.51. The summed E-state index contributed by atoms with van der Waals surface area (Å²) in [6, 6.07) is 0.255. The largest absolute Gasteiger partial charge is 0.347 e. The molecule has 2 rings (SSSR count). The van der Waals surface area contributed by atoms with Crippen molar-refractivity contribution in [2.45, 2.75) is 46.6 Å². The number of aromatic nitrogens is 6. The van der Waals surface area contributed by atoms with Crippen molar-refractivity contribution in [3.05, 3.63) is 24.0 Å².